The second-order valence-corrected chi connectivity index (χ2v) is 6.72. The highest BCUT2D eigenvalue weighted by molar-refractivity contribution is 5.79. The van der Waals surface area contributed by atoms with Gasteiger partial charge in [-0.2, -0.15) is 0 Å². The van der Waals surface area contributed by atoms with Gasteiger partial charge in [0.25, 0.3) is 0 Å². The largest absolute Gasteiger partial charge is 0.480 e. The van der Waals surface area contributed by atoms with Gasteiger partial charge in [0.1, 0.15) is 5.54 Å². The highest BCUT2D eigenvalue weighted by Crippen LogP contribution is 2.43. The summed E-state index contributed by atoms with van der Waals surface area (Å²) in [4.78, 5) is 14.2. The van der Waals surface area contributed by atoms with Gasteiger partial charge in [0.2, 0.25) is 0 Å². The fraction of sp³-hybridized carbons (Fsp3) is 0.938. The molecule has 0 aromatic heterocycles. The number of carboxylic acid groups (broad SMARTS) is 1. The van der Waals surface area contributed by atoms with E-state index in [0.29, 0.717) is 19.3 Å². The zero-order valence-electron chi connectivity index (χ0n) is 13.0. The minimum absolute atomic E-state index is 0.354. The van der Waals surface area contributed by atoms with E-state index in [1.165, 1.54) is 0 Å². The summed E-state index contributed by atoms with van der Waals surface area (Å²) in [6.45, 7) is 4.40. The lowest BCUT2D eigenvalue weighted by atomic mass is 9.84. The van der Waals surface area contributed by atoms with E-state index in [1.807, 2.05) is 0 Å². The maximum Gasteiger partial charge on any atom is 0.324 e. The van der Waals surface area contributed by atoms with Gasteiger partial charge in [0, 0.05) is 18.9 Å². The third kappa shape index (κ3) is 2.60. The first-order valence-electron chi connectivity index (χ1n) is 8.40. The first-order chi connectivity index (χ1) is 10.1. The van der Waals surface area contributed by atoms with Gasteiger partial charge in [-0.05, 0) is 38.6 Å². The first-order valence-corrected chi connectivity index (χ1v) is 8.40. The van der Waals surface area contributed by atoms with Crippen LogP contribution in [0.25, 0.3) is 0 Å². The summed E-state index contributed by atoms with van der Waals surface area (Å²) in [6, 6.07) is 0.369. The number of carboxylic acids is 1. The molecule has 2 aliphatic heterocycles. The predicted molar refractivity (Wildman–Crippen MR) is 78.1 cm³/mol. The Morgan fingerprint density at radius 1 is 1.24 bits per heavy atom. The molecular weight excluding hydrogens is 270 g/mol. The topological polar surface area (TPSA) is 59.0 Å². The molecule has 5 nitrogen and oxygen atoms in total. The van der Waals surface area contributed by atoms with Crippen molar-refractivity contribution in [1.29, 1.82) is 0 Å². The number of carbonyl (C=O) groups is 1. The average molecular weight is 297 g/mol. The van der Waals surface area contributed by atoms with Gasteiger partial charge in [-0.1, -0.05) is 13.3 Å². The molecular formula is C16H27NO4. The molecule has 0 bridgehead atoms. The summed E-state index contributed by atoms with van der Waals surface area (Å²) in [6.07, 6.45) is 7.25. The molecule has 2 saturated heterocycles. The van der Waals surface area contributed by atoms with E-state index in [2.05, 4.69) is 11.8 Å². The molecule has 2 heterocycles. The second-order valence-electron chi connectivity index (χ2n) is 6.72. The van der Waals surface area contributed by atoms with Crippen molar-refractivity contribution >= 4 is 5.97 Å². The Bertz CT molecular complexity index is 384. The molecule has 1 spiro atoms. The molecule has 3 aliphatic rings. The van der Waals surface area contributed by atoms with Gasteiger partial charge in [0.15, 0.2) is 5.79 Å². The van der Waals surface area contributed by atoms with Crippen LogP contribution in [-0.4, -0.2) is 53.1 Å². The zero-order valence-corrected chi connectivity index (χ0v) is 13.0. The minimum Gasteiger partial charge on any atom is -0.480 e. The Balaban J connectivity index is 1.70. The van der Waals surface area contributed by atoms with Gasteiger partial charge in [0.05, 0.1) is 13.2 Å². The van der Waals surface area contributed by atoms with Crippen molar-refractivity contribution in [2.24, 2.45) is 0 Å². The second kappa shape index (κ2) is 5.86. The molecule has 5 heteroatoms. The van der Waals surface area contributed by atoms with Crippen LogP contribution in [0.3, 0.4) is 0 Å². The number of hydrogen-bond donors (Lipinski definition) is 1. The van der Waals surface area contributed by atoms with Crippen molar-refractivity contribution in [2.45, 2.75) is 75.7 Å². The molecule has 3 fully saturated rings. The van der Waals surface area contributed by atoms with Crippen LogP contribution in [0.5, 0.6) is 0 Å². The van der Waals surface area contributed by atoms with Crippen LogP contribution in [0.2, 0.25) is 0 Å². The fourth-order valence-electron chi connectivity index (χ4n) is 4.59. The van der Waals surface area contributed by atoms with Crippen LogP contribution in [0.4, 0.5) is 0 Å². The zero-order chi connectivity index (χ0) is 14.9. The molecule has 21 heavy (non-hydrogen) atoms. The third-order valence-corrected chi connectivity index (χ3v) is 5.57. The Morgan fingerprint density at radius 2 is 1.90 bits per heavy atom. The first kappa shape index (κ1) is 15.3. The minimum atomic E-state index is -0.629. The average Bonchev–Trinajstić information content (AvgIpc) is 3.09. The molecule has 1 aliphatic carbocycles. The normalized spacial score (nSPS) is 33.8. The number of rotatable bonds is 4. The summed E-state index contributed by atoms with van der Waals surface area (Å²) >= 11 is 0. The van der Waals surface area contributed by atoms with Crippen molar-refractivity contribution in [1.82, 2.24) is 4.90 Å². The summed E-state index contributed by atoms with van der Waals surface area (Å²) in [5.74, 6) is -0.983. The number of aliphatic carboxylic acids is 1. The summed E-state index contributed by atoms with van der Waals surface area (Å²) in [7, 11) is 0. The van der Waals surface area contributed by atoms with Gasteiger partial charge >= 0.3 is 5.97 Å². The number of hydrogen-bond acceptors (Lipinski definition) is 4. The molecule has 3 rings (SSSR count). The van der Waals surface area contributed by atoms with Gasteiger partial charge < -0.3 is 14.6 Å². The van der Waals surface area contributed by atoms with E-state index in [-0.39, 0.29) is 5.79 Å². The van der Waals surface area contributed by atoms with Crippen molar-refractivity contribution in [3.63, 3.8) is 0 Å². The van der Waals surface area contributed by atoms with Crippen molar-refractivity contribution in [3.05, 3.63) is 0 Å². The molecule has 1 N–H and O–H groups in total. The van der Waals surface area contributed by atoms with Crippen molar-refractivity contribution < 1.29 is 19.4 Å². The number of nitrogens with zero attached hydrogens (tertiary/aromatic N) is 1. The fourth-order valence-corrected chi connectivity index (χ4v) is 4.59. The molecule has 1 atom stereocenters. The lowest BCUT2D eigenvalue weighted by molar-refractivity contribution is -0.187. The molecule has 1 unspecified atom stereocenters. The summed E-state index contributed by atoms with van der Waals surface area (Å²) in [5.41, 5.74) is -0.624. The van der Waals surface area contributed by atoms with Gasteiger partial charge in [-0.15, -0.1) is 0 Å². The van der Waals surface area contributed by atoms with Gasteiger partial charge in [-0.25, -0.2) is 0 Å². The van der Waals surface area contributed by atoms with E-state index in [4.69, 9.17) is 9.47 Å². The van der Waals surface area contributed by atoms with E-state index in [9.17, 15) is 9.90 Å². The lowest BCUT2D eigenvalue weighted by Crippen LogP contribution is -2.56. The Kier molecular flexibility index (Phi) is 4.26. The molecule has 0 radical (unpaired) electrons. The molecule has 120 valence electrons. The van der Waals surface area contributed by atoms with E-state index in [1.54, 1.807) is 0 Å². The van der Waals surface area contributed by atoms with Crippen LogP contribution >= 0.6 is 0 Å². The Hall–Kier alpha value is -0.650. The Labute approximate surface area is 126 Å². The van der Waals surface area contributed by atoms with Gasteiger partial charge in [-0.3, -0.25) is 9.69 Å². The van der Waals surface area contributed by atoms with Crippen LogP contribution in [0.15, 0.2) is 0 Å². The summed E-state index contributed by atoms with van der Waals surface area (Å²) in [5, 5.41) is 9.81. The highest BCUT2D eigenvalue weighted by Gasteiger charge is 2.51. The maximum atomic E-state index is 11.9. The van der Waals surface area contributed by atoms with Crippen molar-refractivity contribution in [2.75, 3.05) is 19.8 Å². The van der Waals surface area contributed by atoms with Crippen LogP contribution in [0, 0.1) is 0 Å². The molecule has 1 saturated carbocycles. The van der Waals surface area contributed by atoms with Crippen molar-refractivity contribution in [3.8, 4) is 0 Å². The molecule has 0 amide bonds. The molecule has 0 aromatic carbocycles. The highest BCUT2D eigenvalue weighted by atomic mass is 16.7. The standard InChI is InChI=1S/C16H27NO4/c1-2-6-15(14(18)19)7-3-10-17(15)13-4-8-16(9-5-13)20-11-12-21-16/h13H,2-12H2,1H3,(H,18,19). The Morgan fingerprint density at radius 3 is 2.48 bits per heavy atom. The van der Waals surface area contributed by atoms with E-state index < -0.39 is 11.5 Å². The third-order valence-electron chi connectivity index (χ3n) is 5.57. The van der Waals surface area contributed by atoms with E-state index in [0.717, 1.165) is 57.9 Å². The molecule has 0 aromatic rings. The quantitative estimate of drug-likeness (QED) is 0.863. The summed E-state index contributed by atoms with van der Waals surface area (Å²) < 4.78 is 11.6. The monoisotopic (exact) mass is 297 g/mol. The van der Waals surface area contributed by atoms with E-state index >= 15 is 0 Å². The van der Waals surface area contributed by atoms with Crippen LogP contribution in [0.1, 0.15) is 58.3 Å². The van der Waals surface area contributed by atoms with Crippen LogP contribution < -0.4 is 0 Å². The maximum absolute atomic E-state index is 11.9. The smallest absolute Gasteiger partial charge is 0.324 e. The SMILES string of the molecule is CCCC1(C(=O)O)CCCN1C1CCC2(CC1)OCCO2. The number of likely N-dealkylation sites (tertiary alicyclic amines) is 1. The lowest BCUT2D eigenvalue weighted by Gasteiger charge is -2.44. The predicted octanol–water partition coefficient (Wildman–Crippen LogP) is 2.39. The van der Waals surface area contributed by atoms with Crippen LogP contribution in [-0.2, 0) is 14.3 Å². The number of ether oxygens (including phenoxy) is 2.